The molecule has 2 aromatic rings. The number of pyridine rings is 1. The van der Waals surface area contributed by atoms with E-state index in [4.69, 9.17) is 4.74 Å². The van der Waals surface area contributed by atoms with E-state index in [0.717, 1.165) is 36.9 Å². The summed E-state index contributed by atoms with van der Waals surface area (Å²) in [5.41, 5.74) is 3.00. The molecule has 134 valence electrons. The Labute approximate surface area is 151 Å². The highest BCUT2D eigenvalue weighted by atomic mass is 16.5. The van der Waals surface area contributed by atoms with Crippen molar-refractivity contribution in [3.63, 3.8) is 0 Å². The highest BCUT2D eigenvalue weighted by Crippen LogP contribution is 2.29. The summed E-state index contributed by atoms with van der Waals surface area (Å²) in [5.74, 6) is 0.964. The number of ether oxygens (including phenoxy) is 1. The van der Waals surface area contributed by atoms with Gasteiger partial charge in [0, 0.05) is 18.2 Å². The quantitative estimate of drug-likeness (QED) is 0.426. The monoisotopic (exact) mass is 339 g/mol. The standard InChI is InChI=1S/C22H29NO2/c1-4-6-9-18-14-15-23-20(16-18)19-10-7-8-11-21(19)25-22(24)13-12-17(3)5-2/h7-8,10-11,14-17H,4-6,9,12-13H2,1-3H3. The van der Waals surface area contributed by atoms with Crippen LogP contribution in [0.4, 0.5) is 0 Å². The van der Waals surface area contributed by atoms with Gasteiger partial charge in [-0.25, -0.2) is 0 Å². The number of nitrogens with zero attached hydrogens (tertiary/aromatic N) is 1. The highest BCUT2D eigenvalue weighted by Gasteiger charge is 2.13. The van der Waals surface area contributed by atoms with Gasteiger partial charge in [-0.05, 0) is 55.0 Å². The summed E-state index contributed by atoms with van der Waals surface area (Å²) in [5, 5.41) is 0. The second-order valence-corrected chi connectivity index (χ2v) is 6.68. The van der Waals surface area contributed by atoms with Crippen LogP contribution >= 0.6 is 0 Å². The molecular weight excluding hydrogens is 310 g/mol. The van der Waals surface area contributed by atoms with Crippen LogP contribution in [0.5, 0.6) is 5.75 Å². The Morgan fingerprint density at radius 3 is 2.76 bits per heavy atom. The van der Waals surface area contributed by atoms with Crippen LogP contribution in [0.3, 0.4) is 0 Å². The van der Waals surface area contributed by atoms with E-state index in [1.807, 2.05) is 30.5 Å². The molecule has 0 spiro atoms. The molecule has 0 saturated carbocycles. The van der Waals surface area contributed by atoms with Gasteiger partial charge in [0.2, 0.25) is 0 Å². The van der Waals surface area contributed by atoms with Crippen LogP contribution in [0.25, 0.3) is 11.3 Å². The Balaban J connectivity index is 2.13. The van der Waals surface area contributed by atoms with Crippen molar-refractivity contribution in [3.8, 4) is 17.0 Å². The second kappa shape index (κ2) is 9.97. The summed E-state index contributed by atoms with van der Waals surface area (Å²) in [7, 11) is 0. The van der Waals surface area contributed by atoms with Crippen LogP contribution in [-0.2, 0) is 11.2 Å². The number of aryl methyl sites for hydroxylation is 1. The zero-order valence-electron chi connectivity index (χ0n) is 15.6. The first-order chi connectivity index (χ1) is 12.1. The van der Waals surface area contributed by atoms with E-state index in [1.165, 1.54) is 12.0 Å². The number of rotatable bonds is 9. The molecule has 25 heavy (non-hydrogen) atoms. The Kier molecular flexibility index (Phi) is 7.65. The van der Waals surface area contributed by atoms with Crippen LogP contribution in [0.15, 0.2) is 42.6 Å². The molecule has 0 amide bonds. The third kappa shape index (κ3) is 6.00. The maximum atomic E-state index is 12.2. The summed E-state index contributed by atoms with van der Waals surface area (Å²) in [6.07, 6.45) is 7.61. The molecule has 1 aromatic heterocycles. The maximum absolute atomic E-state index is 12.2. The fraction of sp³-hybridized carbons (Fsp3) is 0.455. The molecule has 1 aromatic carbocycles. The van der Waals surface area contributed by atoms with Crippen molar-refractivity contribution in [1.29, 1.82) is 0 Å². The number of hydrogen-bond acceptors (Lipinski definition) is 3. The van der Waals surface area contributed by atoms with E-state index in [0.29, 0.717) is 18.1 Å². The minimum atomic E-state index is -0.171. The number of aromatic nitrogens is 1. The molecule has 0 N–H and O–H groups in total. The third-order valence-electron chi connectivity index (χ3n) is 4.57. The maximum Gasteiger partial charge on any atom is 0.311 e. The summed E-state index contributed by atoms with van der Waals surface area (Å²) in [4.78, 5) is 16.7. The van der Waals surface area contributed by atoms with E-state index < -0.39 is 0 Å². The number of benzene rings is 1. The average Bonchev–Trinajstić information content (AvgIpc) is 2.65. The average molecular weight is 339 g/mol. The van der Waals surface area contributed by atoms with Crippen molar-refractivity contribution >= 4 is 5.97 Å². The van der Waals surface area contributed by atoms with Crippen molar-refractivity contribution in [1.82, 2.24) is 4.98 Å². The summed E-state index contributed by atoms with van der Waals surface area (Å²) in [6, 6.07) is 11.8. The Morgan fingerprint density at radius 1 is 1.20 bits per heavy atom. The molecule has 0 bridgehead atoms. The van der Waals surface area contributed by atoms with Crippen LogP contribution in [0.1, 0.15) is 58.4 Å². The topological polar surface area (TPSA) is 39.2 Å². The first-order valence-corrected chi connectivity index (χ1v) is 9.39. The van der Waals surface area contributed by atoms with Gasteiger partial charge in [0.1, 0.15) is 5.75 Å². The molecule has 0 fully saturated rings. The fourth-order valence-electron chi connectivity index (χ4n) is 2.67. The Bertz CT molecular complexity index is 681. The third-order valence-corrected chi connectivity index (χ3v) is 4.57. The van der Waals surface area contributed by atoms with Gasteiger partial charge in [0.25, 0.3) is 0 Å². The molecule has 0 aliphatic carbocycles. The van der Waals surface area contributed by atoms with Crippen LogP contribution < -0.4 is 4.74 Å². The summed E-state index contributed by atoms with van der Waals surface area (Å²) >= 11 is 0. The van der Waals surface area contributed by atoms with Gasteiger partial charge in [-0.3, -0.25) is 9.78 Å². The normalized spacial score (nSPS) is 12.0. The lowest BCUT2D eigenvalue weighted by Crippen LogP contribution is -2.10. The Hall–Kier alpha value is -2.16. The Morgan fingerprint density at radius 2 is 2.00 bits per heavy atom. The van der Waals surface area contributed by atoms with Crippen LogP contribution in [-0.4, -0.2) is 11.0 Å². The fourth-order valence-corrected chi connectivity index (χ4v) is 2.67. The predicted octanol–water partition coefficient (Wildman–Crippen LogP) is 5.82. The zero-order chi connectivity index (χ0) is 18.1. The van der Waals surface area contributed by atoms with Gasteiger partial charge in [-0.15, -0.1) is 0 Å². The summed E-state index contributed by atoms with van der Waals surface area (Å²) < 4.78 is 5.64. The van der Waals surface area contributed by atoms with Gasteiger partial charge in [0.05, 0.1) is 5.69 Å². The number of carbonyl (C=O) groups excluding carboxylic acids is 1. The molecule has 1 atom stereocenters. The molecule has 0 saturated heterocycles. The molecule has 3 heteroatoms. The number of unbranched alkanes of at least 4 members (excludes halogenated alkanes) is 1. The van der Waals surface area contributed by atoms with Gasteiger partial charge >= 0.3 is 5.97 Å². The second-order valence-electron chi connectivity index (χ2n) is 6.68. The van der Waals surface area contributed by atoms with Gasteiger partial charge in [0.15, 0.2) is 0 Å². The van der Waals surface area contributed by atoms with Crippen molar-refractivity contribution in [3.05, 3.63) is 48.2 Å². The van der Waals surface area contributed by atoms with Gasteiger partial charge < -0.3 is 4.74 Å². The first-order valence-electron chi connectivity index (χ1n) is 9.39. The minimum Gasteiger partial charge on any atom is -0.426 e. The van der Waals surface area contributed by atoms with Crippen molar-refractivity contribution in [2.24, 2.45) is 5.92 Å². The lowest BCUT2D eigenvalue weighted by molar-refractivity contribution is -0.134. The molecule has 0 aliphatic rings. The largest absolute Gasteiger partial charge is 0.426 e. The number of hydrogen-bond donors (Lipinski definition) is 0. The number of para-hydroxylation sites is 1. The molecule has 3 nitrogen and oxygen atoms in total. The van der Waals surface area contributed by atoms with Crippen LogP contribution in [0, 0.1) is 5.92 Å². The van der Waals surface area contributed by atoms with Crippen molar-refractivity contribution in [2.75, 3.05) is 0 Å². The number of esters is 1. The molecule has 0 radical (unpaired) electrons. The lowest BCUT2D eigenvalue weighted by atomic mass is 10.0. The van der Waals surface area contributed by atoms with E-state index in [9.17, 15) is 4.79 Å². The summed E-state index contributed by atoms with van der Waals surface area (Å²) in [6.45, 7) is 6.49. The lowest BCUT2D eigenvalue weighted by Gasteiger charge is -2.12. The molecule has 0 aliphatic heterocycles. The van der Waals surface area contributed by atoms with Crippen LogP contribution in [0.2, 0.25) is 0 Å². The highest BCUT2D eigenvalue weighted by molar-refractivity contribution is 5.77. The van der Waals surface area contributed by atoms with E-state index in [2.05, 4.69) is 37.9 Å². The van der Waals surface area contributed by atoms with Crippen molar-refractivity contribution in [2.45, 2.75) is 59.3 Å². The minimum absolute atomic E-state index is 0.171. The number of carbonyl (C=O) groups is 1. The molecule has 1 unspecified atom stereocenters. The van der Waals surface area contributed by atoms with E-state index in [1.54, 1.807) is 0 Å². The van der Waals surface area contributed by atoms with Gasteiger partial charge in [-0.2, -0.15) is 0 Å². The molecule has 2 rings (SSSR count). The predicted molar refractivity (Wildman–Crippen MR) is 103 cm³/mol. The van der Waals surface area contributed by atoms with Gasteiger partial charge in [-0.1, -0.05) is 45.7 Å². The van der Waals surface area contributed by atoms with Crippen molar-refractivity contribution < 1.29 is 9.53 Å². The van der Waals surface area contributed by atoms with E-state index >= 15 is 0 Å². The zero-order valence-corrected chi connectivity index (χ0v) is 15.6. The smallest absolute Gasteiger partial charge is 0.311 e. The van der Waals surface area contributed by atoms with E-state index in [-0.39, 0.29) is 5.97 Å². The SMILES string of the molecule is CCCCc1ccnc(-c2ccccc2OC(=O)CCC(C)CC)c1. The molecular formula is C22H29NO2. The first kappa shape index (κ1) is 19.2. The molecule has 1 heterocycles.